The number of phenolic OH excluding ortho intramolecular Hbond substituents is 1. The smallest absolute Gasteiger partial charge is 0.153 e. The molecule has 0 heterocycles. The Kier molecular flexibility index (Phi) is 4.20. The first-order valence-electron chi connectivity index (χ1n) is 4.28. The van der Waals surface area contributed by atoms with Crippen LogP contribution in [-0.2, 0) is 0 Å². The van der Waals surface area contributed by atoms with Gasteiger partial charge in [0.1, 0.15) is 5.75 Å². The Morgan fingerprint density at radius 2 is 2.21 bits per heavy atom. The molecule has 0 spiro atoms. The van der Waals surface area contributed by atoms with Crippen molar-refractivity contribution in [2.45, 2.75) is 6.42 Å². The van der Waals surface area contributed by atoms with E-state index in [4.69, 9.17) is 11.6 Å². The Morgan fingerprint density at radius 1 is 1.43 bits per heavy atom. The van der Waals surface area contributed by atoms with Crippen LogP contribution in [0.25, 0.3) is 6.08 Å². The van der Waals surface area contributed by atoms with Gasteiger partial charge in [-0.3, -0.25) is 4.79 Å². The lowest BCUT2D eigenvalue weighted by atomic mass is 10.1. The maximum atomic E-state index is 10.4. The van der Waals surface area contributed by atoms with Crippen LogP contribution in [0.3, 0.4) is 0 Å². The van der Waals surface area contributed by atoms with Crippen LogP contribution in [-0.4, -0.2) is 17.3 Å². The zero-order chi connectivity index (χ0) is 10.4. The first-order chi connectivity index (χ1) is 6.77. The molecule has 0 aliphatic heterocycles. The second-order valence-electron chi connectivity index (χ2n) is 2.82. The number of allylic oxidation sites excluding steroid dienone is 1. The fourth-order valence-electron chi connectivity index (χ4n) is 1.05. The fourth-order valence-corrected chi connectivity index (χ4v) is 1.17. The second kappa shape index (κ2) is 5.45. The number of aromatic hydroxyl groups is 1. The third kappa shape index (κ3) is 2.89. The van der Waals surface area contributed by atoms with Gasteiger partial charge in [-0.1, -0.05) is 18.2 Å². The Labute approximate surface area is 87.8 Å². The van der Waals surface area contributed by atoms with Gasteiger partial charge in [-0.15, -0.1) is 11.6 Å². The summed E-state index contributed by atoms with van der Waals surface area (Å²) < 4.78 is 0. The molecule has 14 heavy (non-hydrogen) atoms. The van der Waals surface area contributed by atoms with Gasteiger partial charge in [-0.05, 0) is 24.1 Å². The zero-order valence-corrected chi connectivity index (χ0v) is 8.37. The number of halogens is 1. The average Bonchev–Trinajstić information content (AvgIpc) is 2.18. The van der Waals surface area contributed by atoms with Gasteiger partial charge in [-0.25, -0.2) is 0 Å². The van der Waals surface area contributed by atoms with Crippen molar-refractivity contribution in [2.75, 3.05) is 5.88 Å². The van der Waals surface area contributed by atoms with Gasteiger partial charge in [-0.2, -0.15) is 0 Å². The van der Waals surface area contributed by atoms with Crippen molar-refractivity contribution in [3.63, 3.8) is 0 Å². The summed E-state index contributed by atoms with van der Waals surface area (Å²) in [5.74, 6) is 0.586. The van der Waals surface area contributed by atoms with Crippen LogP contribution in [0.4, 0.5) is 0 Å². The topological polar surface area (TPSA) is 37.3 Å². The normalized spacial score (nSPS) is 10.6. The van der Waals surface area contributed by atoms with E-state index in [9.17, 15) is 9.90 Å². The number of alkyl halides is 1. The molecule has 0 saturated heterocycles. The van der Waals surface area contributed by atoms with Crippen LogP contribution in [0.2, 0.25) is 0 Å². The maximum Gasteiger partial charge on any atom is 0.153 e. The Bertz CT molecular complexity index is 345. The molecule has 0 saturated carbocycles. The van der Waals surface area contributed by atoms with Crippen LogP contribution < -0.4 is 0 Å². The minimum absolute atomic E-state index is 0.00743. The van der Waals surface area contributed by atoms with E-state index in [0.29, 0.717) is 17.7 Å². The molecule has 2 nitrogen and oxygen atoms in total. The van der Waals surface area contributed by atoms with Crippen molar-refractivity contribution < 1.29 is 9.90 Å². The van der Waals surface area contributed by atoms with Crippen LogP contribution in [0.1, 0.15) is 22.3 Å². The molecule has 1 aromatic rings. The average molecular weight is 211 g/mol. The van der Waals surface area contributed by atoms with Gasteiger partial charge in [0.05, 0.1) is 5.56 Å². The standard InChI is InChI=1S/C11H11ClO2/c12-6-2-1-3-9-4-5-10(8-13)11(14)7-9/h1,3-5,7-8,14H,2,6H2. The fraction of sp³-hybridized carbons (Fsp3) is 0.182. The van der Waals surface area contributed by atoms with E-state index in [1.54, 1.807) is 18.2 Å². The minimum atomic E-state index is 0.00743. The highest BCUT2D eigenvalue weighted by atomic mass is 35.5. The number of benzene rings is 1. The van der Waals surface area contributed by atoms with Gasteiger partial charge in [0.15, 0.2) is 6.29 Å². The summed E-state index contributed by atoms with van der Waals surface area (Å²) in [5, 5.41) is 9.36. The lowest BCUT2D eigenvalue weighted by molar-refractivity contribution is 0.112. The molecular weight excluding hydrogens is 200 g/mol. The summed E-state index contributed by atoms with van der Waals surface area (Å²) in [5.41, 5.74) is 1.16. The first kappa shape index (κ1) is 10.8. The van der Waals surface area contributed by atoms with Gasteiger partial charge in [0, 0.05) is 5.88 Å². The van der Waals surface area contributed by atoms with Gasteiger partial charge < -0.3 is 5.11 Å². The molecule has 74 valence electrons. The third-order valence-electron chi connectivity index (χ3n) is 1.77. The number of aldehydes is 1. The van der Waals surface area contributed by atoms with Crippen LogP contribution in [0.15, 0.2) is 24.3 Å². The number of hydrogen-bond donors (Lipinski definition) is 1. The Hall–Kier alpha value is -1.28. The lowest BCUT2D eigenvalue weighted by Crippen LogP contribution is -1.81. The van der Waals surface area contributed by atoms with Crippen molar-refractivity contribution in [3.05, 3.63) is 35.4 Å². The van der Waals surface area contributed by atoms with Crippen LogP contribution >= 0.6 is 11.6 Å². The van der Waals surface area contributed by atoms with Crippen molar-refractivity contribution in [1.29, 1.82) is 0 Å². The first-order valence-corrected chi connectivity index (χ1v) is 4.82. The molecule has 0 fully saturated rings. The molecule has 0 atom stereocenters. The highest BCUT2D eigenvalue weighted by Gasteiger charge is 1.98. The Balaban J connectivity index is 2.81. The molecule has 0 aliphatic carbocycles. The van der Waals surface area contributed by atoms with E-state index in [0.717, 1.165) is 12.0 Å². The molecule has 0 radical (unpaired) electrons. The van der Waals surface area contributed by atoms with Crippen molar-refractivity contribution in [1.82, 2.24) is 0 Å². The summed E-state index contributed by atoms with van der Waals surface area (Å²) in [6, 6.07) is 4.91. The molecule has 0 bridgehead atoms. The maximum absolute atomic E-state index is 10.4. The predicted molar refractivity (Wildman–Crippen MR) is 57.9 cm³/mol. The van der Waals surface area contributed by atoms with E-state index < -0.39 is 0 Å². The number of phenols is 1. The molecule has 1 rings (SSSR count). The number of carbonyl (C=O) groups excluding carboxylic acids is 1. The van der Waals surface area contributed by atoms with Crippen molar-refractivity contribution in [3.8, 4) is 5.75 Å². The monoisotopic (exact) mass is 210 g/mol. The highest BCUT2D eigenvalue weighted by molar-refractivity contribution is 6.17. The van der Waals surface area contributed by atoms with Crippen LogP contribution in [0.5, 0.6) is 5.75 Å². The van der Waals surface area contributed by atoms with Crippen molar-refractivity contribution >= 4 is 24.0 Å². The predicted octanol–water partition coefficient (Wildman–Crippen LogP) is 2.85. The molecule has 3 heteroatoms. The summed E-state index contributed by atoms with van der Waals surface area (Å²) in [4.78, 5) is 10.4. The number of hydrogen-bond acceptors (Lipinski definition) is 2. The zero-order valence-electron chi connectivity index (χ0n) is 7.61. The van der Waals surface area contributed by atoms with E-state index in [2.05, 4.69) is 0 Å². The van der Waals surface area contributed by atoms with Gasteiger partial charge in [0.25, 0.3) is 0 Å². The van der Waals surface area contributed by atoms with E-state index in [1.165, 1.54) is 0 Å². The summed E-state index contributed by atoms with van der Waals surface area (Å²) in [6.07, 6.45) is 5.19. The molecular formula is C11H11ClO2. The molecule has 0 unspecified atom stereocenters. The number of rotatable bonds is 4. The minimum Gasteiger partial charge on any atom is -0.507 e. The molecule has 0 amide bonds. The molecule has 0 aliphatic rings. The molecule has 0 aromatic heterocycles. The summed E-state index contributed by atoms with van der Waals surface area (Å²) >= 11 is 5.50. The summed E-state index contributed by atoms with van der Waals surface area (Å²) in [6.45, 7) is 0. The van der Waals surface area contributed by atoms with Gasteiger partial charge in [0.2, 0.25) is 0 Å². The second-order valence-corrected chi connectivity index (χ2v) is 3.19. The van der Waals surface area contributed by atoms with E-state index in [1.807, 2.05) is 12.2 Å². The van der Waals surface area contributed by atoms with Crippen molar-refractivity contribution in [2.24, 2.45) is 0 Å². The van der Waals surface area contributed by atoms with E-state index in [-0.39, 0.29) is 5.75 Å². The highest BCUT2D eigenvalue weighted by Crippen LogP contribution is 2.17. The molecule has 1 aromatic carbocycles. The van der Waals surface area contributed by atoms with E-state index >= 15 is 0 Å². The molecule has 1 N–H and O–H groups in total. The largest absolute Gasteiger partial charge is 0.507 e. The van der Waals surface area contributed by atoms with Gasteiger partial charge >= 0.3 is 0 Å². The SMILES string of the molecule is O=Cc1ccc(C=CCCCl)cc1O. The lowest BCUT2D eigenvalue weighted by Gasteiger charge is -1.98. The van der Waals surface area contributed by atoms with Crippen LogP contribution in [0, 0.1) is 0 Å². The summed E-state index contributed by atoms with van der Waals surface area (Å²) in [7, 11) is 0. The Morgan fingerprint density at radius 3 is 2.79 bits per heavy atom. The quantitative estimate of drug-likeness (QED) is 0.613. The number of carbonyl (C=O) groups is 1. The third-order valence-corrected chi connectivity index (χ3v) is 1.99.